The molecule has 1 aromatic heterocycles. The van der Waals surface area contributed by atoms with E-state index in [-0.39, 0.29) is 17.8 Å². The Balaban J connectivity index is 1.60. The molecule has 5 nitrogen and oxygen atoms in total. The van der Waals surface area contributed by atoms with Gasteiger partial charge in [0.25, 0.3) is 0 Å². The van der Waals surface area contributed by atoms with Crippen LogP contribution < -0.4 is 0 Å². The molecule has 0 bridgehead atoms. The van der Waals surface area contributed by atoms with Crippen LogP contribution in [0.2, 0.25) is 5.02 Å². The molecule has 138 valence electrons. The van der Waals surface area contributed by atoms with Crippen LogP contribution in [0.15, 0.2) is 51.5 Å². The van der Waals surface area contributed by atoms with Crippen LogP contribution in [-0.4, -0.2) is 20.9 Å². The third kappa shape index (κ3) is 3.61. The number of hydrogen-bond acceptors (Lipinski definition) is 4. The Bertz CT molecular complexity index is 1010. The minimum absolute atomic E-state index is 0.0178. The number of carbonyl (C=O) groups is 1. The molecule has 1 unspecified atom stereocenters. The Morgan fingerprint density at radius 3 is 2.89 bits per heavy atom. The third-order valence-electron chi connectivity index (χ3n) is 4.53. The maximum Gasteiger partial charge on any atom is 0.249 e. The smallest absolute Gasteiger partial charge is 0.249 e. The molecule has 1 saturated heterocycles. The summed E-state index contributed by atoms with van der Waals surface area (Å²) in [4.78, 5) is 18.5. The van der Waals surface area contributed by atoms with Crippen molar-refractivity contribution in [1.29, 1.82) is 0 Å². The van der Waals surface area contributed by atoms with Crippen LogP contribution >= 0.6 is 27.5 Å². The maximum atomic E-state index is 13.4. The van der Waals surface area contributed by atoms with Crippen LogP contribution in [0.3, 0.4) is 0 Å². The average Bonchev–Trinajstić information content (AvgIpc) is 3.27. The molecule has 27 heavy (non-hydrogen) atoms. The summed E-state index contributed by atoms with van der Waals surface area (Å²) in [7, 11) is 0. The Kier molecular flexibility index (Phi) is 4.97. The molecule has 1 atom stereocenters. The van der Waals surface area contributed by atoms with E-state index in [0.29, 0.717) is 46.2 Å². The van der Waals surface area contributed by atoms with E-state index in [1.54, 1.807) is 23.1 Å². The van der Waals surface area contributed by atoms with Gasteiger partial charge >= 0.3 is 0 Å². The Morgan fingerprint density at radius 2 is 2.11 bits per heavy atom. The highest BCUT2D eigenvalue weighted by Gasteiger charge is 2.36. The van der Waals surface area contributed by atoms with E-state index in [9.17, 15) is 9.18 Å². The molecular formula is C19H14BrClFN3O2. The van der Waals surface area contributed by atoms with Crippen molar-refractivity contribution in [3.8, 4) is 11.4 Å². The number of hydrogen-bond donors (Lipinski definition) is 0. The van der Waals surface area contributed by atoms with Gasteiger partial charge < -0.3 is 9.42 Å². The third-order valence-corrected chi connectivity index (χ3v) is 5.51. The van der Waals surface area contributed by atoms with Crippen LogP contribution in [-0.2, 0) is 11.3 Å². The Morgan fingerprint density at radius 1 is 1.30 bits per heavy atom. The fourth-order valence-corrected chi connectivity index (χ4v) is 3.70. The topological polar surface area (TPSA) is 59.2 Å². The lowest BCUT2D eigenvalue weighted by Gasteiger charge is -2.22. The molecule has 0 saturated carbocycles. The second-order valence-electron chi connectivity index (χ2n) is 6.25. The van der Waals surface area contributed by atoms with Crippen LogP contribution in [0.1, 0.15) is 30.3 Å². The zero-order valence-corrected chi connectivity index (χ0v) is 16.4. The van der Waals surface area contributed by atoms with Gasteiger partial charge in [-0.2, -0.15) is 4.98 Å². The van der Waals surface area contributed by atoms with Crippen LogP contribution in [0.5, 0.6) is 0 Å². The summed E-state index contributed by atoms with van der Waals surface area (Å²) in [6.07, 6.45) is 1.01. The number of benzene rings is 2. The lowest BCUT2D eigenvalue weighted by atomic mass is 10.1. The second-order valence-corrected chi connectivity index (χ2v) is 7.51. The van der Waals surface area contributed by atoms with E-state index in [1.165, 1.54) is 6.07 Å². The number of carbonyl (C=O) groups excluding carboxylic acids is 1. The summed E-state index contributed by atoms with van der Waals surface area (Å²) in [5.74, 6) is 0.366. The summed E-state index contributed by atoms with van der Waals surface area (Å²) in [5.41, 5.74) is 1.49. The van der Waals surface area contributed by atoms with Crippen molar-refractivity contribution < 1.29 is 13.7 Å². The zero-order chi connectivity index (χ0) is 19.0. The molecule has 2 aromatic carbocycles. The van der Waals surface area contributed by atoms with Crippen LogP contribution in [0.25, 0.3) is 11.4 Å². The monoisotopic (exact) mass is 449 g/mol. The Hall–Kier alpha value is -2.25. The average molecular weight is 451 g/mol. The van der Waals surface area contributed by atoms with Gasteiger partial charge in [-0.15, -0.1) is 0 Å². The molecule has 2 heterocycles. The van der Waals surface area contributed by atoms with Gasteiger partial charge in [0.1, 0.15) is 11.9 Å². The molecule has 3 aromatic rings. The minimum Gasteiger partial charge on any atom is -0.337 e. The van der Waals surface area contributed by atoms with Gasteiger partial charge in [0.05, 0.1) is 4.47 Å². The fraction of sp³-hybridized carbons (Fsp3) is 0.211. The van der Waals surface area contributed by atoms with Crippen molar-refractivity contribution in [3.05, 3.63) is 69.2 Å². The highest BCUT2D eigenvalue weighted by molar-refractivity contribution is 9.10. The van der Waals surface area contributed by atoms with Gasteiger partial charge in [-0.25, -0.2) is 4.39 Å². The zero-order valence-electron chi connectivity index (χ0n) is 14.0. The first-order valence-corrected chi connectivity index (χ1v) is 9.52. The van der Waals surface area contributed by atoms with Gasteiger partial charge in [-0.05, 0) is 52.2 Å². The van der Waals surface area contributed by atoms with Gasteiger partial charge in [-0.1, -0.05) is 35.0 Å². The number of likely N-dealkylation sites (tertiary alicyclic amines) is 1. The van der Waals surface area contributed by atoms with E-state index in [0.717, 1.165) is 5.56 Å². The predicted octanol–water partition coefficient (Wildman–Crippen LogP) is 5.16. The molecule has 1 amide bonds. The highest BCUT2D eigenvalue weighted by Crippen LogP contribution is 2.35. The van der Waals surface area contributed by atoms with Crippen LogP contribution in [0, 0.1) is 5.82 Å². The van der Waals surface area contributed by atoms with Crippen molar-refractivity contribution in [2.45, 2.75) is 25.4 Å². The summed E-state index contributed by atoms with van der Waals surface area (Å²) in [6.45, 7) is 0.378. The number of rotatable bonds is 4. The first-order valence-electron chi connectivity index (χ1n) is 8.35. The lowest BCUT2D eigenvalue weighted by Crippen LogP contribution is -2.27. The summed E-state index contributed by atoms with van der Waals surface area (Å²) >= 11 is 9.38. The molecule has 8 heteroatoms. The largest absolute Gasteiger partial charge is 0.337 e. The molecule has 0 radical (unpaired) electrons. The van der Waals surface area contributed by atoms with Crippen molar-refractivity contribution in [3.63, 3.8) is 0 Å². The first-order chi connectivity index (χ1) is 13.0. The highest BCUT2D eigenvalue weighted by atomic mass is 79.9. The minimum atomic E-state index is -0.366. The number of nitrogens with zero attached hydrogens (tertiary/aromatic N) is 3. The van der Waals surface area contributed by atoms with Crippen molar-refractivity contribution in [2.75, 3.05) is 0 Å². The summed E-state index contributed by atoms with van der Waals surface area (Å²) < 4.78 is 19.2. The van der Waals surface area contributed by atoms with E-state index >= 15 is 0 Å². The number of aromatic nitrogens is 2. The van der Waals surface area contributed by atoms with Gasteiger partial charge in [0.2, 0.25) is 17.6 Å². The van der Waals surface area contributed by atoms with E-state index in [4.69, 9.17) is 16.1 Å². The van der Waals surface area contributed by atoms with Gasteiger partial charge in [-0.3, -0.25) is 4.79 Å². The fourth-order valence-electron chi connectivity index (χ4n) is 3.12. The second kappa shape index (κ2) is 7.40. The van der Waals surface area contributed by atoms with Gasteiger partial charge in [0, 0.05) is 23.6 Å². The molecule has 4 rings (SSSR count). The standard InChI is InChI=1S/C19H14BrClFN3O2/c20-13-9-11(5-6-15(13)22)18-23-19(27-24-18)16-7-8-17(26)25(16)10-12-3-1-2-4-14(12)21/h1-6,9,16H,7-8,10H2. The molecule has 1 aliphatic rings. The Labute approximate surface area is 168 Å². The quantitative estimate of drug-likeness (QED) is 0.551. The SMILES string of the molecule is O=C1CCC(c2nc(-c3ccc(F)c(Br)c3)no2)N1Cc1ccccc1Cl. The predicted molar refractivity (Wildman–Crippen MR) is 101 cm³/mol. The molecule has 0 aliphatic carbocycles. The van der Waals surface area contributed by atoms with Crippen molar-refractivity contribution in [2.24, 2.45) is 0 Å². The molecular weight excluding hydrogens is 437 g/mol. The normalized spacial score (nSPS) is 16.9. The maximum absolute atomic E-state index is 13.4. The van der Waals surface area contributed by atoms with E-state index < -0.39 is 0 Å². The molecule has 1 fully saturated rings. The number of halogens is 3. The lowest BCUT2D eigenvalue weighted by molar-refractivity contribution is -0.129. The van der Waals surface area contributed by atoms with Gasteiger partial charge in [0.15, 0.2) is 0 Å². The molecule has 1 aliphatic heterocycles. The number of amides is 1. The molecule has 0 spiro atoms. The van der Waals surface area contributed by atoms with Crippen LogP contribution in [0.4, 0.5) is 4.39 Å². The molecule has 0 N–H and O–H groups in total. The first kappa shape index (κ1) is 18.1. The van der Waals surface area contributed by atoms with E-state index in [2.05, 4.69) is 26.1 Å². The van der Waals surface area contributed by atoms with Crippen molar-refractivity contribution in [1.82, 2.24) is 15.0 Å². The summed E-state index contributed by atoms with van der Waals surface area (Å²) in [6, 6.07) is 11.6. The van der Waals surface area contributed by atoms with Crippen molar-refractivity contribution >= 4 is 33.4 Å². The van der Waals surface area contributed by atoms with E-state index in [1.807, 2.05) is 18.2 Å². The summed E-state index contributed by atoms with van der Waals surface area (Å²) in [5, 5.41) is 4.60.